The van der Waals surface area contributed by atoms with Gasteiger partial charge in [0.05, 0.1) is 12.0 Å². The summed E-state index contributed by atoms with van der Waals surface area (Å²) in [6, 6.07) is 12.2. The first-order chi connectivity index (χ1) is 13.5. The molecule has 0 fully saturated rings. The van der Waals surface area contributed by atoms with Crippen molar-refractivity contribution < 1.29 is 23.4 Å². The van der Waals surface area contributed by atoms with Crippen LogP contribution in [0.1, 0.15) is 25.8 Å². The van der Waals surface area contributed by atoms with Gasteiger partial charge >= 0.3 is 5.97 Å². The molecule has 0 radical (unpaired) electrons. The third-order valence-corrected chi connectivity index (χ3v) is 4.03. The van der Waals surface area contributed by atoms with Gasteiger partial charge in [-0.3, -0.25) is 4.79 Å². The van der Waals surface area contributed by atoms with Gasteiger partial charge in [-0.25, -0.2) is 4.79 Å². The molecule has 28 heavy (non-hydrogen) atoms. The average Bonchev–Trinajstić information content (AvgIpc) is 2.68. The maximum absolute atomic E-state index is 12.7. The van der Waals surface area contributed by atoms with Gasteiger partial charge in [0.25, 0.3) is 0 Å². The fraction of sp³-hybridized carbons (Fsp3) is 0.273. The maximum atomic E-state index is 12.7. The van der Waals surface area contributed by atoms with E-state index in [1.807, 2.05) is 32.0 Å². The minimum Gasteiger partial charge on any atom is -0.479 e. The first kappa shape index (κ1) is 19.5. The van der Waals surface area contributed by atoms with Crippen molar-refractivity contribution in [3.05, 3.63) is 64.5 Å². The molecule has 6 heteroatoms. The molecule has 3 aromatic rings. The number of aryl methyl sites for hydroxylation is 1. The van der Waals surface area contributed by atoms with Crippen molar-refractivity contribution in [3.8, 4) is 17.2 Å². The molecular formula is C22H22O6. The van der Waals surface area contributed by atoms with Crippen LogP contribution in [0.4, 0.5) is 0 Å². The Bertz CT molecular complexity index is 1040. The van der Waals surface area contributed by atoms with Gasteiger partial charge in [-0.05, 0) is 50.1 Å². The van der Waals surface area contributed by atoms with Crippen molar-refractivity contribution in [2.75, 3.05) is 6.61 Å². The second-order valence-electron chi connectivity index (χ2n) is 6.43. The molecule has 0 saturated heterocycles. The van der Waals surface area contributed by atoms with Gasteiger partial charge in [0.1, 0.15) is 23.3 Å². The van der Waals surface area contributed by atoms with E-state index in [2.05, 4.69) is 0 Å². The van der Waals surface area contributed by atoms with Gasteiger partial charge in [-0.1, -0.05) is 19.1 Å². The number of fused-ring (bicyclic) bond motifs is 1. The Labute approximate surface area is 162 Å². The minimum atomic E-state index is -0.764. The average molecular weight is 382 g/mol. The molecule has 0 bridgehead atoms. The van der Waals surface area contributed by atoms with Crippen LogP contribution in [-0.4, -0.2) is 18.7 Å². The Kier molecular flexibility index (Phi) is 5.99. The standard InChI is InChI=1S/C22H22O6/c1-4-10-25-22(24)15(3)27-17-8-9-18-19(12-17)26-13-20(21(18)23)28-16-7-5-6-14(2)11-16/h5-9,11-13,15H,4,10H2,1-3H3/t15-/m1/s1. The molecule has 1 heterocycles. The Morgan fingerprint density at radius 3 is 2.71 bits per heavy atom. The molecule has 0 N–H and O–H groups in total. The Balaban J connectivity index is 1.80. The van der Waals surface area contributed by atoms with E-state index in [0.717, 1.165) is 12.0 Å². The van der Waals surface area contributed by atoms with Crippen LogP contribution in [0.3, 0.4) is 0 Å². The lowest BCUT2D eigenvalue weighted by Gasteiger charge is -2.14. The van der Waals surface area contributed by atoms with Crippen LogP contribution < -0.4 is 14.9 Å². The monoisotopic (exact) mass is 382 g/mol. The zero-order chi connectivity index (χ0) is 20.1. The molecule has 1 aromatic heterocycles. The van der Waals surface area contributed by atoms with E-state index in [0.29, 0.717) is 29.1 Å². The number of esters is 1. The molecule has 1 atom stereocenters. The highest BCUT2D eigenvalue weighted by atomic mass is 16.6. The summed E-state index contributed by atoms with van der Waals surface area (Å²) in [4.78, 5) is 24.5. The SMILES string of the molecule is CCCOC(=O)[C@@H](C)Oc1ccc2c(=O)c(Oc3cccc(C)c3)coc2c1. The number of hydrogen-bond donors (Lipinski definition) is 0. The smallest absolute Gasteiger partial charge is 0.347 e. The topological polar surface area (TPSA) is 75.0 Å². The van der Waals surface area contributed by atoms with Crippen molar-refractivity contribution in [3.63, 3.8) is 0 Å². The molecule has 0 amide bonds. The highest BCUT2D eigenvalue weighted by Crippen LogP contribution is 2.25. The van der Waals surface area contributed by atoms with Crippen LogP contribution >= 0.6 is 0 Å². The lowest BCUT2D eigenvalue weighted by molar-refractivity contribution is -0.151. The van der Waals surface area contributed by atoms with E-state index in [9.17, 15) is 9.59 Å². The van der Waals surface area contributed by atoms with E-state index in [4.69, 9.17) is 18.6 Å². The molecule has 6 nitrogen and oxygen atoms in total. The van der Waals surface area contributed by atoms with Gasteiger partial charge in [0.15, 0.2) is 6.10 Å². The Hall–Kier alpha value is -3.28. The highest BCUT2D eigenvalue weighted by Gasteiger charge is 2.17. The summed E-state index contributed by atoms with van der Waals surface area (Å²) in [5.74, 6) is 0.628. The lowest BCUT2D eigenvalue weighted by Crippen LogP contribution is -2.26. The molecule has 2 aromatic carbocycles. The molecule has 3 rings (SSSR count). The first-order valence-electron chi connectivity index (χ1n) is 9.11. The van der Waals surface area contributed by atoms with E-state index in [1.165, 1.54) is 6.26 Å². The van der Waals surface area contributed by atoms with E-state index >= 15 is 0 Å². The summed E-state index contributed by atoms with van der Waals surface area (Å²) in [7, 11) is 0. The van der Waals surface area contributed by atoms with Crippen molar-refractivity contribution in [2.24, 2.45) is 0 Å². The van der Waals surface area contributed by atoms with Crippen LogP contribution in [0, 0.1) is 6.92 Å². The summed E-state index contributed by atoms with van der Waals surface area (Å²) in [6.45, 7) is 5.82. The fourth-order valence-electron chi connectivity index (χ4n) is 2.61. The quantitative estimate of drug-likeness (QED) is 0.555. The molecule has 0 unspecified atom stereocenters. The van der Waals surface area contributed by atoms with Crippen molar-refractivity contribution in [1.82, 2.24) is 0 Å². The second kappa shape index (κ2) is 8.61. The number of carbonyl (C=O) groups excluding carboxylic acids is 1. The zero-order valence-corrected chi connectivity index (χ0v) is 16.1. The number of benzene rings is 2. The van der Waals surface area contributed by atoms with Gasteiger partial charge in [0, 0.05) is 6.07 Å². The molecule has 0 saturated carbocycles. The molecule has 0 aliphatic rings. The molecule has 0 spiro atoms. The predicted molar refractivity (Wildman–Crippen MR) is 105 cm³/mol. The predicted octanol–water partition coefficient (Wildman–Crippen LogP) is 4.61. The van der Waals surface area contributed by atoms with E-state index in [-0.39, 0.29) is 11.2 Å². The van der Waals surface area contributed by atoms with Gasteiger partial charge in [-0.2, -0.15) is 0 Å². The van der Waals surface area contributed by atoms with Crippen LogP contribution in [-0.2, 0) is 9.53 Å². The van der Waals surface area contributed by atoms with Crippen molar-refractivity contribution in [2.45, 2.75) is 33.3 Å². The van der Waals surface area contributed by atoms with Crippen LogP contribution in [0.5, 0.6) is 17.2 Å². The van der Waals surface area contributed by atoms with Gasteiger partial charge in [-0.15, -0.1) is 0 Å². The lowest BCUT2D eigenvalue weighted by atomic mass is 10.2. The summed E-state index contributed by atoms with van der Waals surface area (Å²) >= 11 is 0. The third-order valence-electron chi connectivity index (χ3n) is 4.03. The number of rotatable bonds is 7. The fourth-order valence-corrected chi connectivity index (χ4v) is 2.61. The number of carbonyl (C=O) groups is 1. The molecule has 0 aliphatic carbocycles. The maximum Gasteiger partial charge on any atom is 0.347 e. The van der Waals surface area contributed by atoms with Gasteiger partial charge in [0.2, 0.25) is 11.2 Å². The summed E-state index contributed by atoms with van der Waals surface area (Å²) in [5, 5.41) is 0.360. The van der Waals surface area contributed by atoms with Crippen LogP contribution in [0.25, 0.3) is 11.0 Å². The van der Waals surface area contributed by atoms with Crippen LogP contribution in [0.2, 0.25) is 0 Å². The summed E-state index contributed by atoms with van der Waals surface area (Å²) in [5.41, 5.74) is 1.08. The Morgan fingerprint density at radius 2 is 1.96 bits per heavy atom. The third kappa shape index (κ3) is 4.52. The Morgan fingerprint density at radius 1 is 1.14 bits per heavy atom. The zero-order valence-electron chi connectivity index (χ0n) is 16.1. The largest absolute Gasteiger partial charge is 0.479 e. The number of ether oxygens (including phenoxy) is 3. The van der Waals surface area contributed by atoms with Crippen LogP contribution in [0.15, 0.2) is 57.9 Å². The normalized spacial score (nSPS) is 11.8. The number of hydrogen-bond acceptors (Lipinski definition) is 6. The molecular weight excluding hydrogens is 360 g/mol. The molecule has 0 aliphatic heterocycles. The minimum absolute atomic E-state index is 0.100. The van der Waals surface area contributed by atoms with E-state index < -0.39 is 12.1 Å². The van der Waals surface area contributed by atoms with Crippen molar-refractivity contribution >= 4 is 16.9 Å². The molecule has 146 valence electrons. The first-order valence-corrected chi connectivity index (χ1v) is 9.11. The van der Waals surface area contributed by atoms with Gasteiger partial charge < -0.3 is 18.6 Å². The summed E-state index contributed by atoms with van der Waals surface area (Å²) < 4.78 is 21.9. The highest BCUT2D eigenvalue weighted by molar-refractivity contribution is 5.79. The summed E-state index contributed by atoms with van der Waals surface area (Å²) in [6.07, 6.45) is 1.25. The van der Waals surface area contributed by atoms with E-state index in [1.54, 1.807) is 31.2 Å². The van der Waals surface area contributed by atoms with Crippen molar-refractivity contribution in [1.29, 1.82) is 0 Å². The second-order valence-corrected chi connectivity index (χ2v) is 6.43.